The highest BCUT2D eigenvalue weighted by atomic mass is 19.4. The van der Waals surface area contributed by atoms with E-state index in [2.05, 4.69) is 4.98 Å². The topological polar surface area (TPSA) is 48.1 Å². The minimum Gasteiger partial charge on any atom is -0.491 e. The van der Waals surface area contributed by atoms with Crippen molar-refractivity contribution in [2.75, 3.05) is 5.73 Å². The van der Waals surface area contributed by atoms with Crippen LogP contribution < -0.4 is 10.5 Å². The van der Waals surface area contributed by atoms with Crippen LogP contribution in [0.4, 0.5) is 18.9 Å². The first kappa shape index (κ1) is 14.4. The Kier molecular flexibility index (Phi) is 3.50. The van der Waals surface area contributed by atoms with E-state index in [-0.39, 0.29) is 22.9 Å². The van der Waals surface area contributed by atoms with Gasteiger partial charge in [-0.25, -0.2) is 4.98 Å². The van der Waals surface area contributed by atoms with Gasteiger partial charge in [-0.2, -0.15) is 13.2 Å². The Morgan fingerprint density at radius 3 is 2.45 bits per heavy atom. The number of fused-ring (bicyclic) bond motifs is 1. The average molecular weight is 284 g/mol. The minimum atomic E-state index is -4.51. The van der Waals surface area contributed by atoms with Crippen LogP contribution in [0, 0.1) is 6.92 Å². The quantitative estimate of drug-likeness (QED) is 0.909. The molecular weight excluding hydrogens is 269 g/mol. The van der Waals surface area contributed by atoms with Gasteiger partial charge in [-0.05, 0) is 39.0 Å². The van der Waals surface area contributed by atoms with E-state index in [1.807, 2.05) is 13.8 Å². The summed E-state index contributed by atoms with van der Waals surface area (Å²) in [5, 5.41) is 0.466. The third kappa shape index (κ3) is 2.64. The first-order valence-corrected chi connectivity index (χ1v) is 6.14. The van der Waals surface area contributed by atoms with Crippen LogP contribution in [-0.4, -0.2) is 11.1 Å². The number of benzene rings is 1. The monoisotopic (exact) mass is 284 g/mol. The molecule has 0 saturated heterocycles. The van der Waals surface area contributed by atoms with E-state index in [0.29, 0.717) is 11.1 Å². The predicted molar refractivity (Wildman–Crippen MR) is 71.7 cm³/mol. The Hall–Kier alpha value is -1.98. The Labute approximate surface area is 114 Å². The molecule has 3 nitrogen and oxygen atoms in total. The summed E-state index contributed by atoms with van der Waals surface area (Å²) in [6.07, 6.45) is -4.54. The van der Waals surface area contributed by atoms with Gasteiger partial charge in [0.05, 0.1) is 11.6 Å². The van der Waals surface area contributed by atoms with Crippen molar-refractivity contribution in [3.05, 3.63) is 29.5 Å². The predicted octanol–water partition coefficient (Wildman–Crippen LogP) is 3.93. The maximum absolute atomic E-state index is 12.9. The highest BCUT2D eigenvalue weighted by Crippen LogP contribution is 2.36. The summed E-state index contributed by atoms with van der Waals surface area (Å²) in [7, 11) is 0. The van der Waals surface area contributed by atoms with Crippen LogP contribution in [0.15, 0.2) is 18.2 Å². The molecule has 1 heterocycles. The first-order chi connectivity index (χ1) is 9.20. The van der Waals surface area contributed by atoms with Gasteiger partial charge in [-0.3, -0.25) is 0 Å². The number of hydrogen-bond donors (Lipinski definition) is 1. The third-order valence-electron chi connectivity index (χ3n) is 2.89. The number of halogens is 3. The molecule has 20 heavy (non-hydrogen) atoms. The van der Waals surface area contributed by atoms with Crippen molar-refractivity contribution < 1.29 is 17.9 Å². The standard InChI is InChI=1S/C14H15F3N2O/c1-7(2)20-9-4-5-11-10(6-9)12(18)8(3)13(19-11)14(15,16)17/h4-7H,1-3H3,(H2,18,19). The van der Waals surface area contributed by atoms with E-state index in [1.54, 1.807) is 12.1 Å². The van der Waals surface area contributed by atoms with Crippen molar-refractivity contribution in [2.45, 2.75) is 33.1 Å². The Balaban J connectivity index is 2.64. The molecule has 1 aromatic carbocycles. The third-order valence-corrected chi connectivity index (χ3v) is 2.89. The fourth-order valence-corrected chi connectivity index (χ4v) is 1.98. The van der Waals surface area contributed by atoms with Crippen molar-refractivity contribution in [2.24, 2.45) is 0 Å². The van der Waals surface area contributed by atoms with Crippen LogP contribution in [0.1, 0.15) is 25.1 Å². The van der Waals surface area contributed by atoms with Crippen molar-refractivity contribution in [1.82, 2.24) is 4.98 Å². The van der Waals surface area contributed by atoms with E-state index in [0.717, 1.165) is 0 Å². The molecule has 1 aromatic heterocycles. The number of hydrogen-bond acceptors (Lipinski definition) is 3. The van der Waals surface area contributed by atoms with Crippen LogP contribution in [0.5, 0.6) is 5.75 Å². The second kappa shape index (κ2) is 4.85. The number of rotatable bonds is 2. The van der Waals surface area contributed by atoms with Gasteiger partial charge in [-0.15, -0.1) is 0 Å². The number of nitrogens with two attached hydrogens (primary N) is 1. The normalized spacial score (nSPS) is 12.2. The van der Waals surface area contributed by atoms with Crippen LogP contribution >= 0.6 is 0 Å². The lowest BCUT2D eigenvalue weighted by Crippen LogP contribution is -2.12. The minimum absolute atomic E-state index is 0.0304. The molecule has 0 spiro atoms. The summed E-state index contributed by atoms with van der Waals surface area (Å²) in [5.41, 5.74) is 5.10. The van der Waals surface area contributed by atoms with Crippen molar-refractivity contribution in [3.8, 4) is 5.75 Å². The fourth-order valence-electron chi connectivity index (χ4n) is 1.98. The molecule has 0 aliphatic rings. The summed E-state index contributed by atoms with van der Waals surface area (Å²) in [6, 6.07) is 4.69. The van der Waals surface area contributed by atoms with Gasteiger partial charge in [-0.1, -0.05) is 0 Å². The summed E-state index contributed by atoms with van der Waals surface area (Å²) in [4.78, 5) is 3.67. The van der Waals surface area contributed by atoms with Crippen molar-refractivity contribution in [3.63, 3.8) is 0 Å². The van der Waals surface area contributed by atoms with Crippen molar-refractivity contribution in [1.29, 1.82) is 0 Å². The summed E-state index contributed by atoms with van der Waals surface area (Å²) in [5.74, 6) is 0.556. The zero-order chi connectivity index (χ0) is 15.1. The summed E-state index contributed by atoms with van der Waals surface area (Å²) >= 11 is 0. The molecule has 2 aromatic rings. The molecule has 0 atom stereocenters. The Morgan fingerprint density at radius 1 is 1.25 bits per heavy atom. The number of anilines is 1. The van der Waals surface area contributed by atoms with E-state index >= 15 is 0 Å². The smallest absolute Gasteiger partial charge is 0.433 e. The number of aromatic nitrogens is 1. The van der Waals surface area contributed by atoms with Crippen LogP contribution in [0.25, 0.3) is 10.9 Å². The molecule has 0 unspecified atom stereocenters. The number of pyridine rings is 1. The molecule has 0 radical (unpaired) electrons. The van der Waals surface area contributed by atoms with Gasteiger partial charge in [0.2, 0.25) is 0 Å². The van der Waals surface area contributed by atoms with E-state index in [1.165, 1.54) is 13.0 Å². The maximum Gasteiger partial charge on any atom is 0.433 e. The fraction of sp³-hybridized carbons (Fsp3) is 0.357. The average Bonchev–Trinajstić information content (AvgIpc) is 2.32. The second-order valence-electron chi connectivity index (χ2n) is 4.84. The van der Waals surface area contributed by atoms with Crippen LogP contribution in [0.3, 0.4) is 0 Å². The van der Waals surface area contributed by atoms with Gasteiger partial charge in [0.1, 0.15) is 11.4 Å². The lowest BCUT2D eigenvalue weighted by atomic mass is 10.1. The Morgan fingerprint density at radius 2 is 1.90 bits per heavy atom. The zero-order valence-corrected chi connectivity index (χ0v) is 11.4. The molecule has 0 fully saturated rings. The number of nitrogen functional groups attached to an aromatic ring is 1. The SMILES string of the molecule is Cc1c(C(F)(F)F)nc2ccc(OC(C)C)cc2c1N. The second-order valence-corrected chi connectivity index (χ2v) is 4.84. The molecule has 6 heteroatoms. The lowest BCUT2D eigenvalue weighted by molar-refractivity contribution is -0.141. The molecule has 0 aliphatic carbocycles. The van der Waals surface area contributed by atoms with Crippen LogP contribution in [-0.2, 0) is 6.18 Å². The van der Waals surface area contributed by atoms with Gasteiger partial charge < -0.3 is 10.5 Å². The molecule has 2 rings (SSSR count). The first-order valence-electron chi connectivity index (χ1n) is 6.14. The Bertz CT molecular complexity index is 651. The molecule has 0 amide bonds. The molecule has 2 N–H and O–H groups in total. The van der Waals surface area contributed by atoms with E-state index in [9.17, 15) is 13.2 Å². The van der Waals surface area contributed by atoms with Crippen molar-refractivity contribution >= 4 is 16.6 Å². The molecule has 0 saturated carbocycles. The van der Waals surface area contributed by atoms with Gasteiger partial charge in [0.15, 0.2) is 0 Å². The largest absolute Gasteiger partial charge is 0.491 e. The van der Waals surface area contributed by atoms with Gasteiger partial charge in [0, 0.05) is 16.6 Å². The molecule has 108 valence electrons. The van der Waals surface area contributed by atoms with E-state index in [4.69, 9.17) is 10.5 Å². The molecular formula is C14H15F3N2O. The highest BCUT2D eigenvalue weighted by Gasteiger charge is 2.35. The molecule has 0 aliphatic heterocycles. The van der Waals surface area contributed by atoms with E-state index < -0.39 is 11.9 Å². The number of alkyl halides is 3. The number of ether oxygens (including phenoxy) is 1. The summed E-state index contributed by atoms with van der Waals surface area (Å²) < 4.78 is 44.1. The maximum atomic E-state index is 12.9. The molecule has 0 bridgehead atoms. The zero-order valence-electron chi connectivity index (χ0n) is 11.4. The van der Waals surface area contributed by atoms with Gasteiger partial charge >= 0.3 is 6.18 Å². The number of nitrogens with zero attached hydrogens (tertiary/aromatic N) is 1. The highest BCUT2D eigenvalue weighted by molar-refractivity contribution is 5.93. The van der Waals surface area contributed by atoms with Gasteiger partial charge in [0.25, 0.3) is 0 Å². The van der Waals surface area contributed by atoms with Crippen LogP contribution in [0.2, 0.25) is 0 Å². The lowest BCUT2D eigenvalue weighted by Gasteiger charge is -2.15. The summed E-state index contributed by atoms with van der Waals surface area (Å²) in [6.45, 7) is 5.05.